The van der Waals surface area contributed by atoms with Gasteiger partial charge in [0.25, 0.3) is 0 Å². The molecule has 0 radical (unpaired) electrons. The van der Waals surface area contributed by atoms with E-state index in [0.29, 0.717) is 0 Å². The maximum absolute atomic E-state index is 5.36. The molecule has 2 rings (SSSR count). The van der Waals surface area contributed by atoms with Crippen LogP contribution in [-0.4, -0.2) is 16.5 Å². The molecular weight excluding hydrogens is 214 g/mol. The van der Waals surface area contributed by atoms with Gasteiger partial charge in [0.05, 0.1) is 24.2 Å². The first-order valence-electron chi connectivity index (χ1n) is 5.86. The monoisotopic (exact) mass is 231 g/mol. The number of aromatic nitrogens is 2. The molecule has 0 bridgehead atoms. The van der Waals surface area contributed by atoms with E-state index < -0.39 is 0 Å². The predicted octanol–water partition coefficient (Wildman–Crippen LogP) is 2.47. The third kappa shape index (κ3) is 2.71. The van der Waals surface area contributed by atoms with Gasteiger partial charge in [-0.2, -0.15) is 0 Å². The zero-order valence-corrected chi connectivity index (χ0v) is 10.2. The molecule has 4 heteroatoms. The van der Waals surface area contributed by atoms with Gasteiger partial charge in [0, 0.05) is 18.0 Å². The van der Waals surface area contributed by atoms with Gasteiger partial charge in [-0.3, -0.25) is 9.97 Å². The number of rotatable bonds is 5. The van der Waals surface area contributed by atoms with Crippen LogP contribution in [0.2, 0.25) is 0 Å². The van der Waals surface area contributed by atoms with Crippen molar-refractivity contribution in [1.29, 1.82) is 0 Å². The molecule has 0 aliphatic carbocycles. The fourth-order valence-electron chi connectivity index (χ4n) is 1.82. The molecule has 1 N–H and O–H groups in total. The van der Waals surface area contributed by atoms with Crippen LogP contribution in [0.15, 0.2) is 35.3 Å². The summed E-state index contributed by atoms with van der Waals surface area (Å²) in [6.45, 7) is 5.04. The second-order valence-corrected chi connectivity index (χ2v) is 3.95. The largest absolute Gasteiger partial charge is 0.469 e. The highest BCUT2D eigenvalue weighted by atomic mass is 16.3. The van der Waals surface area contributed by atoms with Gasteiger partial charge in [-0.15, -0.1) is 0 Å². The SMILES string of the molecule is CCCNC(c1cnccn1)c1ccoc1C. The van der Waals surface area contributed by atoms with E-state index in [2.05, 4.69) is 22.2 Å². The van der Waals surface area contributed by atoms with Crippen LogP contribution in [0.25, 0.3) is 0 Å². The van der Waals surface area contributed by atoms with Crippen LogP contribution in [0.4, 0.5) is 0 Å². The number of nitrogens with one attached hydrogen (secondary N) is 1. The van der Waals surface area contributed by atoms with Gasteiger partial charge in [-0.05, 0) is 26.0 Å². The first-order valence-corrected chi connectivity index (χ1v) is 5.86. The lowest BCUT2D eigenvalue weighted by Crippen LogP contribution is -2.24. The van der Waals surface area contributed by atoms with Crippen LogP contribution in [0.5, 0.6) is 0 Å². The fraction of sp³-hybridized carbons (Fsp3) is 0.385. The van der Waals surface area contributed by atoms with Gasteiger partial charge in [-0.1, -0.05) is 6.92 Å². The van der Waals surface area contributed by atoms with Crippen molar-refractivity contribution in [3.63, 3.8) is 0 Å². The topological polar surface area (TPSA) is 51.0 Å². The molecule has 90 valence electrons. The van der Waals surface area contributed by atoms with E-state index in [9.17, 15) is 0 Å². The second-order valence-electron chi connectivity index (χ2n) is 3.95. The van der Waals surface area contributed by atoms with E-state index in [4.69, 9.17) is 4.42 Å². The Balaban J connectivity index is 2.29. The van der Waals surface area contributed by atoms with Crippen molar-refractivity contribution in [2.24, 2.45) is 0 Å². The normalized spacial score (nSPS) is 12.6. The van der Waals surface area contributed by atoms with Crippen molar-refractivity contribution in [1.82, 2.24) is 15.3 Å². The Bertz CT molecular complexity index is 453. The van der Waals surface area contributed by atoms with Gasteiger partial charge in [-0.25, -0.2) is 0 Å². The van der Waals surface area contributed by atoms with Crippen molar-refractivity contribution >= 4 is 0 Å². The number of nitrogens with zero attached hydrogens (tertiary/aromatic N) is 2. The molecule has 0 saturated carbocycles. The summed E-state index contributed by atoms with van der Waals surface area (Å²) in [5.74, 6) is 0.921. The van der Waals surface area contributed by atoms with Crippen molar-refractivity contribution in [3.8, 4) is 0 Å². The molecule has 2 aromatic heterocycles. The van der Waals surface area contributed by atoms with Gasteiger partial charge >= 0.3 is 0 Å². The maximum Gasteiger partial charge on any atom is 0.105 e. The van der Waals surface area contributed by atoms with E-state index in [1.807, 2.05) is 13.0 Å². The molecule has 1 atom stereocenters. The van der Waals surface area contributed by atoms with E-state index in [0.717, 1.165) is 30.0 Å². The molecule has 17 heavy (non-hydrogen) atoms. The Morgan fingerprint density at radius 2 is 2.29 bits per heavy atom. The molecule has 0 saturated heterocycles. The third-order valence-electron chi connectivity index (χ3n) is 2.69. The Labute approximate surface area is 101 Å². The van der Waals surface area contributed by atoms with E-state index >= 15 is 0 Å². The average molecular weight is 231 g/mol. The number of furan rings is 1. The number of hydrogen-bond acceptors (Lipinski definition) is 4. The third-order valence-corrected chi connectivity index (χ3v) is 2.69. The molecular formula is C13H17N3O. The van der Waals surface area contributed by atoms with Crippen molar-refractivity contribution in [2.75, 3.05) is 6.54 Å². The minimum Gasteiger partial charge on any atom is -0.469 e. The summed E-state index contributed by atoms with van der Waals surface area (Å²) in [5, 5.41) is 3.47. The minimum absolute atomic E-state index is 0.0578. The number of hydrogen-bond donors (Lipinski definition) is 1. The zero-order chi connectivity index (χ0) is 12.1. The first-order chi connectivity index (χ1) is 8.33. The Morgan fingerprint density at radius 1 is 1.41 bits per heavy atom. The first kappa shape index (κ1) is 11.8. The molecule has 0 spiro atoms. The van der Waals surface area contributed by atoms with Crippen molar-refractivity contribution < 1.29 is 4.42 Å². The molecule has 0 amide bonds. The molecule has 2 heterocycles. The minimum atomic E-state index is 0.0578. The summed E-state index contributed by atoms with van der Waals surface area (Å²) < 4.78 is 5.36. The Morgan fingerprint density at radius 3 is 2.88 bits per heavy atom. The molecule has 0 aliphatic heterocycles. The highest BCUT2D eigenvalue weighted by Gasteiger charge is 2.18. The van der Waals surface area contributed by atoms with Crippen LogP contribution in [-0.2, 0) is 0 Å². The summed E-state index contributed by atoms with van der Waals surface area (Å²) in [4.78, 5) is 8.48. The summed E-state index contributed by atoms with van der Waals surface area (Å²) >= 11 is 0. The summed E-state index contributed by atoms with van der Waals surface area (Å²) in [6.07, 6.45) is 7.98. The van der Waals surface area contributed by atoms with Crippen LogP contribution in [0, 0.1) is 6.92 Å². The molecule has 4 nitrogen and oxygen atoms in total. The molecule has 0 aromatic carbocycles. The van der Waals surface area contributed by atoms with E-state index in [-0.39, 0.29) is 6.04 Å². The zero-order valence-electron chi connectivity index (χ0n) is 10.2. The van der Waals surface area contributed by atoms with Crippen LogP contribution in [0.3, 0.4) is 0 Å². The number of aryl methyl sites for hydroxylation is 1. The van der Waals surface area contributed by atoms with Crippen molar-refractivity contribution in [2.45, 2.75) is 26.3 Å². The van der Waals surface area contributed by atoms with Gasteiger partial charge in [0.15, 0.2) is 0 Å². The highest BCUT2D eigenvalue weighted by molar-refractivity contribution is 5.27. The lowest BCUT2D eigenvalue weighted by molar-refractivity contribution is 0.514. The Hall–Kier alpha value is -1.68. The van der Waals surface area contributed by atoms with E-state index in [1.54, 1.807) is 24.9 Å². The summed E-state index contributed by atoms with van der Waals surface area (Å²) in [5.41, 5.74) is 2.05. The second kappa shape index (κ2) is 5.59. The Kier molecular flexibility index (Phi) is 3.88. The van der Waals surface area contributed by atoms with Gasteiger partial charge < -0.3 is 9.73 Å². The quantitative estimate of drug-likeness (QED) is 0.858. The van der Waals surface area contributed by atoms with E-state index in [1.165, 1.54) is 0 Å². The summed E-state index contributed by atoms with van der Waals surface area (Å²) in [6, 6.07) is 2.04. The predicted molar refractivity (Wildman–Crippen MR) is 65.6 cm³/mol. The molecule has 0 aliphatic rings. The van der Waals surface area contributed by atoms with Gasteiger partial charge in [0.2, 0.25) is 0 Å². The van der Waals surface area contributed by atoms with Crippen LogP contribution in [0.1, 0.15) is 36.4 Å². The van der Waals surface area contributed by atoms with Crippen molar-refractivity contribution in [3.05, 3.63) is 47.9 Å². The van der Waals surface area contributed by atoms with Crippen LogP contribution >= 0.6 is 0 Å². The smallest absolute Gasteiger partial charge is 0.105 e. The summed E-state index contributed by atoms with van der Waals surface area (Å²) in [7, 11) is 0. The lowest BCUT2D eigenvalue weighted by atomic mass is 10.0. The lowest BCUT2D eigenvalue weighted by Gasteiger charge is -2.16. The highest BCUT2D eigenvalue weighted by Crippen LogP contribution is 2.23. The van der Waals surface area contributed by atoms with Gasteiger partial charge in [0.1, 0.15) is 5.76 Å². The average Bonchev–Trinajstić information content (AvgIpc) is 2.78. The molecule has 0 fully saturated rings. The molecule has 2 aromatic rings. The van der Waals surface area contributed by atoms with Crippen LogP contribution < -0.4 is 5.32 Å². The maximum atomic E-state index is 5.36. The standard InChI is InChI=1S/C13H17N3O/c1-3-5-16-13(11-4-8-17-10(11)2)12-9-14-6-7-15-12/h4,6-9,13,16H,3,5H2,1-2H3. The fourth-order valence-corrected chi connectivity index (χ4v) is 1.82. The molecule has 1 unspecified atom stereocenters.